The van der Waals surface area contributed by atoms with E-state index in [4.69, 9.17) is 21.6 Å². The first-order valence-corrected chi connectivity index (χ1v) is 4.40. The Bertz CT molecular complexity index is 355. The number of aryl methyl sites for hydroxylation is 1. The summed E-state index contributed by atoms with van der Waals surface area (Å²) < 4.78 is 5.12. The topological polar surface area (TPSA) is 33.0 Å². The fourth-order valence-corrected chi connectivity index (χ4v) is 1.48. The number of halogens is 1. The first-order chi connectivity index (χ1) is 6.22. The van der Waals surface area contributed by atoms with Crippen LogP contribution in [0.25, 0.3) is 0 Å². The van der Waals surface area contributed by atoms with Crippen molar-refractivity contribution in [3.63, 3.8) is 0 Å². The Labute approximate surface area is 82.7 Å². The Morgan fingerprint density at radius 3 is 2.69 bits per heavy atom. The van der Waals surface area contributed by atoms with Gasteiger partial charge in [0.05, 0.1) is 24.6 Å². The van der Waals surface area contributed by atoms with Crippen LogP contribution < -0.4 is 4.74 Å². The Balaban J connectivity index is 3.36. The first kappa shape index (κ1) is 9.88. The molecule has 0 heterocycles. The molecule has 1 aromatic rings. The minimum absolute atomic E-state index is 0.298. The van der Waals surface area contributed by atoms with Gasteiger partial charge in [0.15, 0.2) is 0 Å². The SMILES string of the molecule is COc1cc(C)cc(C#N)c1CCl. The fourth-order valence-electron chi connectivity index (χ4n) is 1.20. The third kappa shape index (κ3) is 1.93. The van der Waals surface area contributed by atoms with Crippen LogP contribution in [0.2, 0.25) is 0 Å². The van der Waals surface area contributed by atoms with Crippen LogP contribution in [0.3, 0.4) is 0 Å². The Kier molecular flexibility index (Phi) is 3.16. The highest BCUT2D eigenvalue weighted by molar-refractivity contribution is 6.17. The van der Waals surface area contributed by atoms with E-state index in [1.54, 1.807) is 13.2 Å². The summed E-state index contributed by atoms with van der Waals surface area (Å²) in [6, 6.07) is 5.78. The summed E-state index contributed by atoms with van der Waals surface area (Å²) in [5.41, 5.74) is 2.35. The van der Waals surface area contributed by atoms with Crippen LogP contribution in [-0.2, 0) is 5.88 Å². The average Bonchev–Trinajstić information content (AvgIpc) is 2.16. The zero-order valence-corrected chi connectivity index (χ0v) is 8.35. The third-order valence-corrected chi connectivity index (χ3v) is 2.09. The highest BCUT2D eigenvalue weighted by Gasteiger charge is 2.08. The summed E-state index contributed by atoms with van der Waals surface area (Å²) >= 11 is 5.72. The predicted octanol–water partition coefficient (Wildman–Crippen LogP) is 2.61. The molecule has 0 fully saturated rings. The number of nitrogens with zero attached hydrogens (tertiary/aromatic N) is 1. The molecule has 68 valence electrons. The van der Waals surface area contributed by atoms with E-state index in [1.807, 2.05) is 13.0 Å². The summed E-state index contributed by atoms with van der Waals surface area (Å²) in [4.78, 5) is 0. The lowest BCUT2D eigenvalue weighted by Gasteiger charge is -2.08. The Morgan fingerprint density at radius 1 is 1.54 bits per heavy atom. The standard InChI is InChI=1S/C10H10ClNO/c1-7-3-8(6-12)9(5-11)10(4-7)13-2/h3-4H,5H2,1-2H3. The zero-order valence-electron chi connectivity index (χ0n) is 7.60. The predicted molar refractivity (Wildman–Crippen MR) is 52.0 cm³/mol. The molecule has 0 radical (unpaired) electrons. The van der Waals surface area contributed by atoms with Gasteiger partial charge in [-0.15, -0.1) is 11.6 Å². The minimum atomic E-state index is 0.298. The maximum absolute atomic E-state index is 8.83. The van der Waals surface area contributed by atoms with E-state index in [9.17, 15) is 0 Å². The highest BCUT2D eigenvalue weighted by Crippen LogP contribution is 2.25. The molecular formula is C10H10ClNO. The summed E-state index contributed by atoms with van der Waals surface area (Å²) in [7, 11) is 1.58. The number of methoxy groups -OCH3 is 1. The molecule has 0 N–H and O–H groups in total. The van der Waals surface area contributed by atoms with Crippen LogP contribution in [-0.4, -0.2) is 7.11 Å². The maximum Gasteiger partial charge on any atom is 0.124 e. The van der Waals surface area contributed by atoms with E-state index < -0.39 is 0 Å². The molecular weight excluding hydrogens is 186 g/mol. The molecule has 0 unspecified atom stereocenters. The molecule has 3 heteroatoms. The molecule has 0 amide bonds. The van der Waals surface area contributed by atoms with Crippen molar-refractivity contribution >= 4 is 11.6 Å². The van der Waals surface area contributed by atoms with E-state index in [2.05, 4.69) is 6.07 Å². The second-order valence-electron chi connectivity index (χ2n) is 2.74. The van der Waals surface area contributed by atoms with Crippen molar-refractivity contribution in [2.75, 3.05) is 7.11 Å². The molecule has 1 aromatic carbocycles. The number of nitriles is 1. The van der Waals surface area contributed by atoms with Crippen LogP contribution in [0.15, 0.2) is 12.1 Å². The van der Waals surface area contributed by atoms with Crippen LogP contribution in [0, 0.1) is 18.3 Å². The molecule has 1 rings (SSSR count). The van der Waals surface area contributed by atoms with Crippen molar-refractivity contribution in [3.8, 4) is 11.8 Å². The van der Waals surface area contributed by atoms with E-state index >= 15 is 0 Å². The fraction of sp³-hybridized carbons (Fsp3) is 0.300. The van der Waals surface area contributed by atoms with Crippen molar-refractivity contribution in [1.29, 1.82) is 5.26 Å². The average molecular weight is 196 g/mol. The molecule has 0 aliphatic rings. The molecule has 13 heavy (non-hydrogen) atoms. The van der Waals surface area contributed by atoms with Crippen molar-refractivity contribution in [2.45, 2.75) is 12.8 Å². The van der Waals surface area contributed by atoms with Crippen molar-refractivity contribution in [2.24, 2.45) is 0 Å². The van der Waals surface area contributed by atoms with Gasteiger partial charge in [-0.1, -0.05) is 0 Å². The second kappa shape index (κ2) is 4.15. The lowest BCUT2D eigenvalue weighted by atomic mass is 10.1. The molecule has 0 aliphatic carbocycles. The van der Waals surface area contributed by atoms with Crippen molar-refractivity contribution in [3.05, 3.63) is 28.8 Å². The molecule has 0 saturated heterocycles. The van der Waals surface area contributed by atoms with Gasteiger partial charge in [-0.3, -0.25) is 0 Å². The normalized spacial score (nSPS) is 9.38. The van der Waals surface area contributed by atoms with Gasteiger partial charge < -0.3 is 4.74 Å². The monoisotopic (exact) mass is 195 g/mol. The van der Waals surface area contributed by atoms with Gasteiger partial charge in [0, 0.05) is 5.56 Å². The lowest BCUT2D eigenvalue weighted by molar-refractivity contribution is 0.411. The quantitative estimate of drug-likeness (QED) is 0.680. The van der Waals surface area contributed by atoms with Gasteiger partial charge in [0.2, 0.25) is 0 Å². The first-order valence-electron chi connectivity index (χ1n) is 3.86. The lowest BCUT2D eigenvalue weighted by Crippen LogP contribution is -1.94. The number of rotatable bonds is 2. The third-order valence-electron chi connectivity index (χ3n) is 1.83. The van der Waals surface area contributed by atoms with Crippen LogP contribution in [0.4, 0.5) is 0 Å². The maximum atomic E-state index is 8.83. The molecule has 0 atom stereocenters. The van der Waals surface area contributed by atoms with Gasteiger partial charge in [-0.2, -0.15) is 5.26 Å². The van der Waals surface area contributed by atoms with Gasteiger partial charge in [-0.25, -0.2) is 0 Å². The summed E-state index contributed by atoms with van der Waals surface area (Å²) in [5, 5.41) is 8.83. The zero-order chi connectivity index (χ0) is 9.84. The van der Waals surface area contributed by atoms with Crippen LogP contribution >= 0.6 is 11.6 Å². The minimum Gasteiger partial charge on any atom is -0.496 e. The van der Waals surface area contributed by atoms with Gasteiger partial charge in [0.25, 0.3) is 0 Å². The second-order valence-corrected chi connectivity index (χ2v) is 3.01. The van der Waals surface area contributed by atoms with Gasteiger partial charge in [-0.05, 0) is 24.6 Å². The molecule has 0 saturated carbocycles. The molecule has 0 spiro atoms. The largest absolute Gasteiger partial charge is 0.496 e. The summed E-state index contributed by atoms with van der Waals surface area (Å²) in [6.45, 7) is 1.92. The summed E-state index contributed by atoms with van der Waals surface area (Å²) in [5.74, 6) is 0.985. The van der Waals surface area contributed by atoms with Gasteiger partial charge in [0.1, 0.15) is 5.75 Å². The van der Waals surface area contributed by atoms with Crippen molar-refractivity contribution in [1.82, 2.24) is 0 Å². The summed E-state index contributed by atoms with van der Waals surface area (Å²) in [6.07, 6.45) is 0. The van der Waals surface area contributed by atoms with E-state index in [0.29, 0.717) is 17.2 Å². The van der Waals surface area contributed by atoms with E-state index in [-0.39, 0.29) is 0 Å². The highest BCUT2D eigenvalue weighted by atomic mass is 35.5. The smallest absolute Gasteiger partial charge is 0.124 e. The number of benzene rings is 1. The Hall–Kier alpha value is -1.20. The number of hydrogen-bond acceptors (Lipinski definition) is 2. The van der Waals surface area contributed by atoms with E-state index in [1.165, 1.54) is 0 Å². The molecule has 0 aliphatic heterocycles. The number of ether oxygens (including phenoxy) is 1. The molecule has 2 nitrogen and oxygen atoms in total. The number of alkyl halides is 1. The molecule has 0 aromatic heterocycles. The van der Waals surface area contributed by atoms with Crippen molar-refractivity contribution < 1.29 is 4.74 Å². The van der Waals surface area contributed by atoms with Crippen LogP contribution in [0.5, 0.6) is 5.75 Å². The number of hydrogen-bond donors (Lipinski definition) is 0. The molecule has 0 bridgehead atoms. The van der Waals surface area contributed by atoms with E-state index in [0.717, 1.165) is 11.1 Å². The van der Waals surface area contributed by atoms with Crippen LogP contribution in [0.1, 0.15) is 16.7 Å². The van der Waals surface area contributed by atoms with Gasteiger partial charge >= 0.3 is 0 Å². The Morgan fingerprint density at radius 2 is 2.23 bits per heavy atom.